The molecule has 0 radical (unpaired) electrons. The van der Waals surface area contributed by atoms with Gasteiger partial charge < -0.3 is 35.8 Å². The minimum atomic E-state index is -0.821. The van der Waals surface area contributed by atoms with E-state index in [1.54, 1.807) is 45.8 Å². The molecule has 4 atom stereocenters. The third-order valence-electron chi connectivity index (χ3n) is 8.11. The normalized spacial score (nSPS) is 23.8. The monoisotopic (exact) mass is 618 g/mol. The van der Waals surface area contributed by atoms with Crippen LogP contribution < -0.4 is 21.3 Å². The summed E-state index contributed by atoms with van der Waals surface area (Å²) in [6, 6.07) is 3.59. The molecule has 2 fully saturated rings. The zero-order chi connectivity index (χ0) is 31.5. The van der Waals surface area contributed by atoms with Crippen molar-refractivity contribution >= 4 is 47.0 Å². The molecule has 0 spiro atoms. The van der Waals surface area contributed by atoms with Crippen molar-refractivity contribution in [2.45, 2.75) is 89.1 Å². The molecule has 1 aromatic carbocycles. The topological polar surface area (TPSA) is 149 Å². The van der Waals surface area contributed by atoms with Crippen LogP contribution in [0.1, 0.15) is 58.4 Å². The van der Waals surface area contributed by atoms with Crippen LogP contribution in [0.15, 0.2) is 18.2 Å². The summed E-state index contributed by atoms with van der Waals surface area (Å²) in [6.45, 7) is 6.21. The van der Waals surface area contributed by atoms with Gasteiger partial charge in [-0.15, -0.1) is 0 Å². The molecule has 4 N–H and O–H groups in total. The molecule has 236 valence electrons. The number of hydrogen-bond acceptors (Lipinski definition) is 7. The maximum Gasteiger partial charge on any atom is 0.410 e. The first-order valence-corrected chi connectivity index (χ1v) is 15.2. The summed E-state index contributed by atoms with van der Waals surface area (Å²) in [5.74, 6) is -2.24. The number of rotatable bonds is 5. The van der Waals surface area contributed by atoms with E-state index in [0.29, 0.717) is 56.6 Å². The Labute approximate surface area is 257 Å². The molecule has 1 unspecified atom stereocenters. The van der Waals surface area contributed by atoms with Crippen molar-refractivity contribution in [3.05, 3.63) is 28.8 Å². The van der Waals surface area contributed by atoms with Gasteiger partial charge >= 0.3 is 17.9 Å². The molecular weight excluding hydrogens is 576 g/mol. The van der Waals surface area contributed by atoms with Gasteiger partial charge in [-0.2, -0.15) is 0 Å². The highest BCUT2D eigenvalue weighted by molar-refractivity contribution is 6.35. The summed E-state index contributed by atoms with van der Waals surface area (Å²) in [6.07, 6.45) is 2.36. The zero-order valence-corrected chi connectivity index (χ0v) is 26.3. The highest BCUT2D eigenvalue weighted by Gasteiger charge is 2.39. The number of nitrogens with zero attached hydrogens (tertiary/aromatic N) is 2. The molecule has 43 heavy (non-hydrogen) atoms. The van der Waals surface area contributed by atoms with Gasteiger partial charge in [-0.25, -0.2) is 4.79 Å². The minimum Gasteiger partial charge on any atom is -0.444 e. The molecule has 1 aliphatic carbocycles. The van der Waals surface area contributed by atoms with Gasteiger partial charge in [0, 0.05) is 62.3 Å². The summed E-state index contributed by atoms with van der Waals surface area (Å²) in [7, 11) is 3.36. The predicted octanol–water partition coefficient (Wildman–Crippen LogP) is 2.05. The number of hydrogen-bond donors (Lipinski definition) is 4. The molecule has 0 aromatic heterocycles. The molecule has 5 amide bonds. The van der Waals surface area contributed by atoms with Crippen molar-refractivity contribution in [2.75, 3.05) is 32.5 Å². The van der Waals surface area contributed by atoms with Crippen LogP contribution in [0.5, 0.6) is 0 Å². The first-order chi connectivity index (χ1) is 20.2. The van der Waals surface area contributed by atoms with Crippen LogP contribution in [0, 0.1) is 5.92 Å². The van der Waals surface area contributed by atoms with Gasteiger partial charge in [0.25, 0.3) is 0 Å². The fraction of sp³-hybridized carbons (Fsp3) is 0.633. The first-order valence-electron chi connectivity index (χ1n) is 14.9. The van der Waals surface area contributed by atoms with Crippen molar-refractivity contribution in [2.24, 2.45) is 5.92 Å². The van der Waals surface area contributed by atoms with Gasteiger partial charge in [-0.3, -0.25) is 19.2 Å². The second-order valence-electron chi connectivity index (χ2n) is 12.9. The second kappa shape index (κ2) is 13.4. The number of amides is 5. The molecule has 12 nitrogen and oxygen atoms in total. The summed E-state index contributed by atoms with van der Waals surface area (Å²) < 4.78 is 5.42. The average molecular weight is 619 g/mol. The lowest BCUT2D eigenvalue weighted by molar-refractivity contribution is -0.141. The Hall–Kier alpha value is -3.54. The van der Waals surface area contributed by atoms with Crippen molar-refractivity contribution in [1.29, 1.82) is 0 Å². The van der Waals surface area contributed by atoms with E-state index in [1.165, 1.54) is 4.90 Å². The Morgan fingerprint density at radius 2 is 1.63 bits per heavy atom. The Morgan fingerprint density at radius 1 is 0.953 bits per heavy atom. The Morgan fingerprint density at radius 3 is 2.28 bits per heavy atom. The van der Waals surface area contributed by atoms with Gasteiger partial charge in [-0.05, 0) is 76.6 Å². The van der Waals surface area contributed by atoms with Crippen LogP contribution in [-0.4, -0.2) is 96.5 Å². The molecule has 1 aromatic rings. The van der Waals surface area contributed by atoms with E-state index < -0.39 is 41.6 Å². The molecule has 4 rings (SSSR count). The van der Waals surface area contributed by atoms with E-state index in [0.717, 1.165) is 11.3 Å². The van der Waals surface area contributed by atoms with Crippen LogP contribution in [0.2, 0.25) is 5.02 Å². The van der Waals surface area contributed by atoms with Gasteiger partial charge in [0.15, 0.2) is 0 Å². The fourth-order valence-corrected chi connectivity index (χ4v) is 6.08. The first kappa shape index (κ1) is 32.4. The van der Waals surface area contributed by atoms with E-state index in [4.69, 9.17) is 16.3 Å². The lowest BCUT2D eigenvalue weighted by atomic mass is 9.81. The van der Waals surface area contributed by atoms with Gasteiger partial charge in [0.05, 0.1) is 6.04 Å². The van der Waals surface area contributed by atoms with Crippen molar-refractivity contribution in [1.82, 2.24) is 25.8 Å². The van der Waals surface area contributed by atoms with Crippen LogP contribution in [0.4, 0.5) is 10.5 Å². The number of anilines is 1. The van der Waals surface area contributed by atoms with E-state index in [-0.39, 0.29) is 23.8 Å². The maximum absolute atomic E-state index is 13.3. The van der Waals surface area contributed by atoms with Crippen LogP contribution in [-0.2, 0) is 30.3 Å². The Kier molecular flexibility index (Phi) is 10.1. The molecule has 0 bridgehead atoms. The van der Waals surface area contributed by atoms with Gasteiger partial charge in [-0.1, -0.05) is 11.6 Å². The lowest BCUT2D eigenvalue weighted by Crippen LogP contribution is -2.59. The fourth-order valence-electron chi connectivity index (χ4n) is 5.88. The molecule has 13 heteroatoms. The molecule has 3 aliphatic rings. The summed E-state index contributed by atoms with van der Waals surface area (Å²) in [4.78, 5) is 67.4. The van der Waals surface area contributed by atoms with Crippen LogP contribution in [0.25, 0.3) is 0 Å². The number of halogens is 1. The molecule has 2 heterocycles. The number of carbonyl (C=O) groups is 5. The SMILES string of the molecule is CN(C)C(=O)[C@H]1CC[C@H](NC(=O)C2Cc3cc(Cl)ccc3N2)[C@H](NC(=O)C(=O)NC2CCN(C(=O)OC(C)(C)C)CC2)C1. The van der Waals surface area contributed by atoms with Gasteiger partial charge in [0.2, 0.25) is 11.8 Å². The largest absolute Gasteiger partial charge is 0.444 e. The van der Waals surface area contributed by atoms with Crippen molar-refractivity contribution < 1.29 is 28.7 Å². The third-order valence-corrected chi connectivity index (χ3v) is 8.35. The number of likely N-dealkylation sites (tertiary alicyclic amines) is 1. The van der Waals surface area contributed by atoms with Crippen molar-refractivity contribution in [3.8, 4) is 0 Å². The lowest BCUT2D eigenvalue weighted by Gasteiger charge is -2.37. The van der Waals surface area contributed by atoms with E-state index in [9.17, 15) is 24.0 Å². The number of piperidine rings is 1. The number of fused-ring (bicyclic) bond motifs is 1. The predicted molar refractivity (Wildman–Crippen MR) is 161 cm³/mol. The molecule has 1 saturated heterocycles. The van der Waals surface area contributed by atoms with E-state index in [2.05, 4.69) is 21.3 Å². The summed E-state index contributed by atoms with van der Waals surface area (Å²) >= 11 is 6.11. The Balaban J connectivity index is 1.34. The molecular formula is C30H43ClN6O6. The number of ether oxygens (including phenoxy) is 1. The number of nitrogens with one attached hydrogen (secondary N) is 4. The van der Waals surface area contributed by atoms with E-state index in [1.807, 2.05) is 12.1 Å². The maximum atomic E-state index is 13.3. The second-order valence-corrected chi connectivity index (χ2v) is 13.3. The average Bonchev–Trinajstić information content (AvgIpc) is 3.36. The minimum absolute atomic E-state index is 0.0602. The summed E-state index contributed by atoms with van der Waals surface area (Å²) in [5.41, 5.74) is 1.20. The zero-order valence-electron chi connectivity index (χ0n) is 25.5. The van der Waals surface area contributed by atoms with Crippen LogP contribution in [0.3, 0.4) is 0 Å². The smallest absolute Gasteiger partial charge is 0.410 e. The third kappa shape index (κ3) is 8.52. The quantitative estimate of drug-likeness (QED) is 0.369. The highest BCUT2D eigenvalue weighted by Crippen LogP contribution is 2.30. The molecule has 1 saturated carbocycles. The van der Waals surface area contributed by atoms with Gasteiger partial charge in [0.1, 0.15) is 11.6 Å². The van der Waals surface area contributed by atoms with Crippen molar-refractivity contribution in [3.63, 3.8) is 0 Å². The molecule has 2 aliphatic heterocycles. The number of carbonyl (C=O) groups excluding carboxylic acids is 5. The van der Waals surface area contributed by atoms with E-state index >= 15 is 0 Å². The highest BCUT2D eigenvalue weighted by atomic mass is 35.5. The Bertz CT molecular complexity index is 1240. The standard InChI is InChI=1S/C30H43ClN6O6/c1-30(2,3)43-29(42)37-12-10-20(11-13-37)32-26(39)27(40)35-23-15-17(28(41)36(4)5)6-8-22(23)34-25(38)24-16-18-14-19(31)7-9-21(18)33-24/h7,9,14,17,20,22-24,33H,6,8,10-13,15-16H2,1-5H3,(H,32,39)(H,34,38)(H,35,40)/t17-,22-,23+,24?/m0/s1. The van der Waals surface area contributed by atoms with Crippen LogP contribution >= 0.6 is 11.6 Å². The summed E-state index contributed by atoms with van der Waals surface area (Å²) in [5, 5.41) is 12.4. The number of benzene rings is 1.